The van der Waals surface area contributed by atoms with E-state index in [-0.39, 0.29) is 12.0 Å². The van der Waals surface area contributed by atoms with Crippen LogP contribution >= 0.6 is 0 Å². The van der Waals surface area contributed by atoms with E-state index < -0.39 is 0 Å². The molecule has 1 fully saturated rings. The van der Waals surface area contributed by atoms with E-state index >= 15 is 0 Å². The summed E-state index contributed by atoms with van der Waals surface area (Å²) in [5.74, 6) is 0.455. The summed E-state index contributed by atoms with van der Waals surface area (Å²) < 4.78 is 5.47. The lowest BCUT2D eigenvalue weighted by molar-refractivity contribution is 0.0857. The number of hydrogen-bond donors (Lipinski definition) is 1. The van der Waals surface area contributed by atoms with Crippen LogP contribution in [0.1, 0.15) is 23.2 Å². The molecule has 1 atom stereocenters. The zero-order valence-electron chi connectivity index (χ0n) is 11.7. The average Bonchev–Trinajstić information content (AvgIpc) is 3.07. The zero-order valence-corrected chi connectivity index (χ0v) is 11.7. The topological polar surface area (TPSA) is 64.1 Å². The van der Waals surface area contributed by atoms with Gasteiger partial charge in [0.1, 0.15) is 0 Å². The minimum Gasteiger partial charge on any atom is -0.376 e. The maximum atomic E-state index is 12.0. The number of carbonyl (C=O) groups excluding carboxylic acids is 1. The van der Waals surface area contributed by atoms with Crippen molar-refractivity contribution < 1.29 is 9.53 Å². The lowest BCUT2D eigenvalue weighted by Gasteiger charge is -2.10. The summed E-state index contributed by atoms with van der Waals surface area (Å²) in [6.45, 7) is 1.33. The molecule has 1 N–H and O–H groups in total. The Kier molecular flexibility index (Phi) is 4.21. The number of nitrogens with one attached hydrogen (secondary N) is 1. The van der Waals surface area contributed by atoms with Crippen LogP contribution < -0.4 is 5.32 Å². The number of ether oxygens (including phenoxy) is 1. The van der Waals surface area contributed by atoms with Crippen LogP contribution in [0.3, 0.4) is 0 Å². The number of nitrogens with zero attached hydrogens (tertiary/aromatic N) is 2. The van der Waals surface area contributed by atoms with Crippen molar-refractivity contribution in [2.75, 3.05) is 13.2 Å². The molecule has 0 spiro atoms. The number of amides is 1. The third-order valence-electron chi connectivity index (χ3n) is 3.46. The predicted octanol–water partition coefficient (Wildman–Crippen LogP) is 2.05. The molecule has 21 heavy (non-hydrogen) atoms. The largest absolute Gasteiger partial charge is 0.376 e. The van der Waals surface area contributed by atoms with Crippen LogP contribution in [0.15, 0.2) is 42.7 Å². The summed E-state index contributed by atoms with van der Waals surface area (Å²) in [5.41, 5.74) is 1.40. The molecule has 0 unspecified atom stereocenters. The Morgan fingerprint density at radius 1 is 1.24 bits per heavy atom. The van der Waals surface area contributed by atoms with Gasteiger partial charge in [-0.1, -0.05) is 30.3 Å². The van der Waals surface area contributed by atoms with Gasteiger partial charge in [0.05, 0.1) is 11.7 Å². The van der Waals surface area contributed by atoms with Crippen molar-refractivity contribution in [2.45, 2.75) is 18.9 Å². The maximum Gasteiger partial charge on any atom is 0.254 e. The number of benzene rings is 1. The van der Waals surface area contributed by atoms with Gasteiger partial charge in [0.25, 0.3) is 5.91 Å². The van der Waals surface area contributed by atoms with E-state index in [9.17, 15) is 4.79 Å². The Bertz CT molecular complexity index is 593. The first-order valence-corrected chi connectivity index (χ1v) is 7.10. The number of aromatic nitrogens is 2. The normalized spacial score (nSPS) is 17.6. The van der Waals surface area contributed by atoms with Gasteiger partial charge in [-0.2, -0.15) is 0 Å². The van der Waals surface area contributed by atoms with Crippen LogP contribution in [0.25, 0.3) is 11.4 Å². The summed E-state index contributed by atoms with van der Waals surface area (Å²) in [7, 11) is 0. The predicted molar refractivity (Wildman–Crippen MR) is 78.8 cm³/mol. The van der Waals surface area contributed by atoms with Crippen molar-refractivity contribution in [1.29, 1.82) is 0 Å². The van der Waals surface area contributed by atoms with E-state index in [1.165, 1.54) is 0 Å². The zero-order chi connectivity index (χ0) is 14.5. The Balaban J connectivity index is 1.62. The number of rotatable bonds is 4. The van der Waals surface area contributed by atoms with Crippen LogP contribution in [0.5, 0.6) is 0 Å². The van der Waals surface area contributed by atoms with Crippen molar-refractivity contribution in [3.8, 4) is 11.4 Å². The molecule has 1 aliphatic heterocycles. The molecule has 3 rings (SSSR count). The highest BCUT2D eigenvalue weighted by Gasteiger charge is 2.17. The van der Waals surface area contributed by atoms with Crippen molar-refractivity contribution >= 4 is 5.91 Å². The van der Waals surface area contributed by atoms with Crippen molar-refractivity contribution in [3.63, 3.8) is 0 Å². The molecule has 1 aliphatic rings. The highest BCUT2D eigenvalue weighted by Crippen LogP contribution is 2.13. The standard InChI is InChI=1S/C16H17N3O2/c20-16(19-11-14-7-4-8-21-14)13-9-17-15(18-10-13)12-5-2-1-3-6-12/h1-3,5-6,9-10,14H,4,7-8,11H2,(H,19,20)/t14-/m0/s1. The van der Waals surface area contributed by atoms with Crippen LogP contribution in [0, 0.1) is 0 Å². The van der Waals surface area contributed by atoms with E-state index in [0.29, 0.717) is 17.9 Å². The highest BCUT2D eigenvalue weighted by molar-refractivity contribution is 5.93. The number of carbonyl (C=O) groups is 1. The van der Waals surface area contributed by atoms with Crippen molar-refractivity contribution in [3.05, 3.63) is 48.3 Å². The van der Waals surface area contributed by atoms with E-state index in [1.807, 2.05) is 30.3 Å². The van der Waals surface area contributed by atoms with Gasteiger partial charge >= 0.3 is 0 Å². The van der Waals surface area contributed by atoms with E-state index in [2.05, 4.69) is 15.3 Å². The lowest BCUT2D eigenvalue weighted by atomic mass is 10.2. The molecule has 1 aromatic carbocycles. The fourth-order valence-electron chi connectivity index (χ4n) is 2.30. The van der Waals surface area contributed by atoms with Crippen LogP contribution in [0.4, 0.5) is 0 Å². The molecule has 0 aliphatic carbocycles. The Morgan fingerprint density at radius 2 is 2.00 bits per heavy atom. The van der Waals surface area contributed by atoms with Crippen LogP contribution in [0.2, 0.25) is 0 Å². The van der Waals surface area contributed by atoms with E-state index in [1.54, 1.807) is 12.4 Å². The summed E-state index contributed by atoms with van der Waals surface area (Å²) in [4.78, 5) is 20.5. The Labute approximate surface area is 123 Å². The molecule has 5 heteroatoms. The summed E-state index contributed by atoms with van der Waals surface area (Å²) >= 11 is 0. The van der Waals surface area contributed by atoms with Gasteiger partial charge in [-0.3, -0.25) is 4.79 Å². The van der Waals surface area contributed by atoms with Gasteiger partial charge in [-0.15, -0.1) is 0 Å². The molecular formula is C16H17N3O2. The fourth-order valence-corrected chi connectivity index (χ4v) is 2.30. The van der Waals surface area contributed by atoms with Crippen LogP contribution in [-0.4, -0.2) is 35.1 Å². The molecule has 0 radical (unpaired) electrons. The minimum atomic E-state index is -0.162. The molecule has 2 aromatic rings. The quantitative estimate of drug-likeness (QED) is 0.932. The second kappa shape index (κ2) is 6.45. The highest BCUT2D eigenvalue weighted by atomic mass is 16.5. The molecule has 2 heterocycles. The molecule has 5 nitrogen and oxygen atoms in total. The maximum absolute atomic E-state index is 12.0. The van der Waals surface area contributed by atoms with Gasteiger partial charge in [0.15, 0.2) is 5.82 Å². The monoisotopic (exact) mass is 283 g/mol. The molecule has 0 bridgehead atoms. The first-order chi connectivity index (χ1) is 10.3. The van der Waals surface area contributed by atoms with Crippen molar-refractivity contribution in [2.24, 2.45) is 0 Å². The summed E-state index contributed by atoms with van der Waals surface area (Å²) in [6.07, 6.45) is 5.32. The molecule has 1 amide bonds. The number of hydrogen-bond acceptors (Lipinski definition) is 4. The second-order valence-electron chi connectivity index (χ2n) is 5.01. The average molecular weight is 283 g/mol. The smallest absolute Gasteiger partial charge is 0.254 e. The molecule has 1 aromatic heterocycles. The molecule has 1 saturated heterocycles. The van der Waals surface area contributed by atoms with Gasteiger partial charge < -0.3 is 10.1 Å². The van der Waals surface area contributed by atoms with Gasteiger partial charge in [0.2, 0.25) is 0 Å². The minimum absolute atomic E-state index is 0.137. The lowest BCUT2D eigenvalue weighted by Crippen LogP contribution is -2.31. The summed E-state index contributed by atoms with van der Waals surface area (Å²) in [6, 6.07) is 9.68. The van der Waals surface area contributed by atoms with Gasteiger partial charge in [0, 0.05) is 31.1 Å². The van der Waals surface area contributed by atoms with Crippen LogP contribution in [-0.2, 0) is 4.74 Å². The summed E-state index contributed by atoms with van der Waals surface area (Å²) in [5, 5.41) is 2.86. The van der Waals surface area contributed by atoms with Gasteiger partial charge in [-0.25, -0.2) is 9.97 Å². The first-order valence-electron chi connectivity index (χ1n) is 7.10. The Morgan fingerprint density at radius 3 is 2.67 bits per heavy atom. The third-order valence-corrected chi connectivity index (χ3v) is 3.46. The van der Waals surface area contributed by atoms with E-state index in [0.717, 1.165) is 25.0 Å². The molecule has 0 saturated carbocycles. The first kappa shape index (κ1) is 13.7. The van der Waals surface area contributed by atoms with Gasteiger partial charge in [-0.05, 0) is 12.8 Å². The second-order valence-corrected chi connectivity index (χ2v) is 5.01. The third kappa shape index (κ3) is 3.44. The Hall–Kier alpha value is -2.27. The SMILES string of the molecule is O=C(NC[C@@H]1CCCO1)c1cnc(-c2ccccc2)nc1. The van der Waals surface area contributed by atoms with Crippen molar-refractivity contribution in [1.82, 2.24) is 15.3 Å². The molecular weight excluding hydrogens is 266 g/mol. The fraction of sp³-hybridized carbons (Fsp3) is 0.312. The molecule has 108 valence electrons. The van der Waals surface area contributed by atoms with E-state index in [4.69, 9.17) is 4.74 Å².